The second-order valence-electron chi connectivity index (χ2n) is 6.02. The van der Waals surface area contributed by atoms with Crippen LogP contribution in [0.5, 0.6) is 11.5 Å². The summed E-state index contributed by atoms with van der Waals surface area (Å²) in [5.74, 6) is 1.40. The van der Waals surface area contributed by atoms with Gasteiger partial charge in [0.1, 0.15) is 5.82 Å². The number of carbonyl (C=O) groups is 1. The third kappa shape index (κ3) is 4.41. The molecule has 2 aromatic rings. The molecule has 0 spiro atoms. The van der Waals surface area contributed by atoms with Gasteiger partial charge >= 0.3 is 6.03 Å². The lowest BCUT2D eigenvalue weighted by Gasteiger charge is -2.26. The standard InChI is InChI=1S/C19H21FN2O3/c1-24-17-7-3-5-15-8-14(12-25-18(15)17)11-22-19(23)21-10-13-4-2-6-16(20)9-13/h2-7,9,14H,8,10-12H2,1H3,(H2,21,22,23)/t14-/m1/s1. The van der Waals surface area contributed by atoms with Gasteiger partial charge in [-0.1, -0.05) is 24.3 Å². The molecule has 0 bridgehead atoms. The van der Waals surface area contributed by atoms with E-state index in [1.54, 1.807) is 19.2 Å². The number of ether oxygens (including phenoxy) is 2. The predicted molar refractivity (Wildman–Crippen MR) is 92.3 cm³/mol. The van der Waals surface area contributed by atoms with E-state index in [4.69, 9.17) is 9.47 Å². The number of rotatable bonds is 5. The van der Waals surface area contributed by atoms with Gasteiger partial charge in [0, 0.05) is 19.0 Å². The molecule has 1 aliphatic heterocycles. The van der Waals surface area contributed by atoms with Gasteiger partial charge in [-0.05, 0) is 35.7 Å². The first-order chi connectivity index (χ1) is 12.2. The van der Waals surface area contributed by atoms with E-state index in [1.807, 2.05) is 18.2 Å². The minimum absolute atomic E-state index is 0.194. The zero-order valence-corrected chi connectivity index (χ0v) is 14.0. The molecule has 2 amide bonds. The second-order valence-corrected chi connectivity index (χ2v) is 6.02. The summed E-state index contributed by atoms with van der Waals surface area (Å²) in [6.07, 6.45) is 0.816. The molecule has 3 rings (SSSR count). The van der Waals surface area contributed by atoms with Crippen LogP contribution in [0.4, 0.5) is 9.18 Å². The number of amides is 2. The van der Waals surface area contributed by atoms with Gasteiger partial charge in [-0.25, -0.2) is 9.18 Å². The van der Waals surface area contributed by atoms with Gasteiger partial charge in [-0.15, -0.1) is 0 Å². The Labute approximate surface area is 146 Å². The summed E-state index contributed by atoms with van der Waals surface area (Å²) in [5.41, 5.74) is 1.80. The summed E-state index contributed by atoms with van der Waals surface area (Å²) in [6, 6.07) is 11.7. The number of benzene rings is 2. The van der Waals surface area contributed by atoms with E-state index in [0.29, 0.717) is 13.2 Å². The summed E-state index contributed by atoms with van der Waals surface area (Å²) in [6.45, 7) is 1.31. The van der Waals surface area contributed by atoms with Gasteiger partial charge in [0.25, 0.3) is 0 Å². The lowest BCUT2D eigenvalue weighted by molar-refractivity contribution is 0.204. The highest BCUT2D eigenvalue weighted by Crippen LogP contribution is 2.35. The van der Waals surface area contributed by atoms with Gasteiger partial charge < -0.3 is 20.1 Å². The first-order valence-corrected chi connectivity index (χ1v) is 8.20. The van der Waals surface area contributed by atoms with Crippen LogP contribution >= 0.6 is 0 Å². The number of carbonyl (C=O) groups excluding carboxylic acids is 1. The van der Waals surface area contributed by atoms with Crippen molar-refractivity contribution in [2.75, 3.05) is 20.3 Å². The Balaban J connectivity index is 1.46. The largest absolute Gasteiger partial charge is 0.493 e. The predicted octanol–water partition coefficient (Wildman–Crippen LogP) is 2.88. The third-order valence-corrected chi connectivity index (χ3v) is 4.15. The molecule has 0 aromatic heterocycles. The van der Waals surface area contributed by atoms with Crippen LogP contribution in [0.15, 0.2) is 42.5 Å². The summed E-state index contributed by atoms with van der Waals surface area (Å²) in [5, 5.41) is 5.57. The average Bonchev–Trinajstić information content (AvgIpc) is 2.64. The molecule has 132 valence electrons. The number of nitrogens with one attached hydrogen (secondary N) is 2. The quantitative estimate of drug-likeness (QED) is 0.877. The fourth-order valence-electron chi connectivity index (χ4n) is 2.88. The Bertz CT molecular complexity index is 751. The Kier molecular flexibility index (Phi) is 5.38. The monoisotopic (exact) mass is 344 g/mol. The highest BCUT2D eigenvalue weighted by atomic mass is 19.1. The van der Waals surface area contributed by atoms with E-state index in [0.717, 1.165) is 29.0 Å². The number of para-hydroxylation sites is 1. The Morgan fingerprint density at radius 2 is 2.12 bits per heavy atom. The smallest absolute Gasteiger partial charge is 0.315 e. The number of hydrogen-bond acceptors (Lipinski definition) is 3. The maximum Gasteiger partial charge on any atom is 0.315 e. The van der Waals surface area contributed by atoms with Gasteiger partial charge in [0.2, 0.25) is 0 Å². The number of urea groups is 1. The van der Waals surface area contributed by atoms with E-state index in [-0.39, 0.29) is 24.3 Å². The molecule has 1 aliphatic rings. The van der Waals surface area contributed by atoms with Crippen LogP contribution in [-0.4, -0.2) is 26.3 Å². The second kappa shape index (κ2) is 7.88. The van der Waals surface area contributed by atoms with E-state index < -0.39 is 0 Å². The van der Waals surface area contributed by atoms with Gasteiger partial charge in [-0.3, -0.25) is 0 Å². The maximum absolute atomic E-state index is 13.1. The molecule has 1 atom stereocenters. The number of hydrogen-bond donors (Lipinski definition) is 2. The molecule has 0 aliphatic carbocycles. The SMILES string of the molecule is COc1cccc2c1OC[C@@H](CNC(=O)NCc1cccc(F)c1)C2. The first kappa shape index (κ1) is 17.1. The van der Waals surface area contributed by atoms with Crippen LogP contribution in [0.3, 0.4) is 0 Å². The van der Waals surface area contributed by atoms with E-state index >= 15 is 0 Å². The summed E-state index contributed by atoms with van der Waals surface area (Å²) in [7, 11) is 1.62. The van der Waals surface area contributed by atoms with Gasteiger partial charge in [0.15, 0.2) is 11.5 Å². The maximum atomic E-state index is 13.1. The number of halogens is 1. The summed E-state index contributed by atoms with van der Waals surface area (Å²) < 4.78 is 24.2. The number of methoxy groups -OCH3 is 1. The van der Waals surface area contributed by atoms with Crippen molar-refractivity contribution in [2.45, 2.75) is 13.0 Å². The van der Waals surface area contributed by atoms with E-state index in [1.165, 1.54) is 12.1 Å². The highest BCUT2D eigenvalue weighted by molar-refractivity contribution is 5.73. The van der Waals surface area contributed by atoms with Gasteiger partial charge in [0.05, 0.1) is 13.7 Å². The molecule has 2 N–H and O–H groups in total. The van der Waals surface area contributed by atoms with Crippen molar-refractivity contribution in [3.8, 4) is 11.5 Å². The van der Waals surface area contributed by atoms with Crippen LogP contribution in [0.1, 0.15) is 11.1 Å². The molecule has 0 unspecified atom stereocenters. The van der Waals surface area contributed by atoms with Crippen molar-refractivity contribution in [3.63, 3.8) is 0 Å². The van der Waals surface area contributed by atoms with E-state index in [2.05, 4.69) is 10.6 Å². The lowest BCUT2D eigenvalue weighted by atomic mass is 9.96. The van der Waals surface area contributed by atoms with Gasteiger partial charge in [-0.2, -0.15) is 0 Å². The van der Waals surface area contributed by atoms with Crippen molar-refractivity contribution >= 4 is 6.03 Å². The molecule has 2 aromatic carbocycles. The molecule has 0 saturated carbocycles. The molecule has 0 fully saturated rings. The van der Waals surface area contributed by atoms with Crippen molar-refractivity contribution < 1.29 is 18.7 Å². The molecular weight excluding hydrogens is 323 g/mol. The lowest BCUT2D eigenvalue weighted by Crippen LogP contribution is -2.40. The zero-order valence-electron chi connectivity index (χ0n) is 14.0. The molecular formula is C19H21FN2O3. The van der Waals surface area contributed by atoms with Crippen LogP contribution in [0, 0.1) is 11.7 Å². The Morgan fingerprint density at radius 3 is 2.92 bits per heavy atom. The summed E-state index contributed by atoms with van der Waals surface area (Å²) in [4.78, 5) is 11.9. The third-order valence-electron chi connectivity index (χ3n) is 4.15. The van der Waals surface area contributed by atoms with Crippen molar-refractivity contribution in [1.82, 2.24) is 10.6 Å². The normalized spacial score (nSPS) is 15.7. The van der Waals surface area contributed by atoms with Crippen molar-refractivity contribution in [3.05, 3.63) is 59.4 Å². The highest BCUT2D eigenvalue weighted by Gasteiger charge is 2.22. The zero-order chi connectivity index (χ0) is 17.6. The van der Waals surface area contributed by atoms with Crippen LogP contribution in [-0.2, 0) is 13.0 Å². The Hall–Kier alpha value is -2.76. The summed E-state index contributed by atoms with van der Waals surface area (Å²) >= 11 is 0. The van der Waals surface area contributed by atoms with Crippen LogP contribution < -0.4 is 20.1 Å². The van der Waals surface area contributed by atoms with Crippen LogP contribution in [0.25, 0.3) is 0 Å². The van der Waals surface area contributed by atoms with Crippen molar-refractivity contribution in [2.24, 2.45) is 5.92 Å². The Morgan fingerprint density at radius 1 is 1.28 bits per heavy atom. The first-order valence-electron chi connectivity index (χ1n) is 8.20. The molecule has 5 nitrogen and oxygen atoms in total. The minimum atomic E-state index is -0.312. The molecule has 6 heteroatoms. The van der Waals surface area contributed by atoms with Crippen molar-refractivity contribution in [1.29, 1.82) is 0 Å². The molecule has 0 radical (unpaired) electrons. The molecule has 0 saturated heterocycles. The molecule has 1 heterocycles. The fraction of sp³-hybridized carbons (Fsp3) is 0.316. The minimum Gasteiger partial charge on any atom is -0.493 e. The van der Waals surface area contributed by atoms with E-state index in [9.17, 15) is 9.18 Å². The topological polar surface area (TPSA) is 59.6 Å². The fourth-order valence-corrected chi connectivity index (χ4v) is 2.88. The average molecular weight is 344 g/mol. The molecule has 25 heavy (non-hydrogen) atoms. The number of fused-ring (bicyclic) bond motifs is 1. The van der Waals surface area contributed by atoms with Crippen LogP contribution in [0.2, 0.25) is 0 Å².